The van der Waals surface area contributed by atoms with Crippen molar-refractivity contribution in [2.45, 2.75) is 25.9 Å². The Labute approximate surface area is 159 Å². The molecule has 144 valence electrons. The maximum absolute atomic E-state index is 13.4. The number of aliphatic hydroxyl groups is 1. The van der Waals surface area contributed by atoms with Crippen LogP contribution in [0.3, 0.4) is 0 Å². The number of anilines is 1. The Morgan fingerprint density at radius 2 is 2.07 bits per heavy atom. The molecule has 0 spiro atoms. The van der Waals surface area contributed by atoms with E-state index in [1.165, 1.54) is 11.3 Å². The quantitative estimate of drug-likeness (QED) is 0.763. The lowest BCUT2D eigenvalue weighted by atomic mass is 10.1. The topological polar surface area (TPSA) is 62.7 Å². The number of carbonyl (C=O) groups is 1. The predicted molar refractivity (Wildman–Crippen MR) is 97.4 cm³/mol. The van der Waals surface area contributed by atoms with E-state index in [1.807, 2.05) is 23.1 Å². The van der Waals surface area contributed by atoms with Crippen LogP contribution in [0.4, 0.5) is 14.6 Å². The molecule has 1 aliphatic carbocycles. The smallest absolute Gasteiger partial charge is 0.348 e. The number of aliphatic hydroxyl groups excluding tert-OH is 1. The highest BCUT2D eigenvalue weighted by Crippen LogP contribution is 2.59. The molecule has 8 heteroatoms. The van der Waals surface area contributed by atoms with E-state index in [4.69, 9.17) is 4.74 Å². The van der Waals surface area contributed by atoms with Crippen LogP contribution in [0.15, 0.2) is 24.3 Å². The normalized spacial score (nSPS) is 22.6. The molecule has 5 nitrogen and oxygen atoms in total. The number of piperidine rings is 1. The highest BCUT2D eigenvalue weighted by atomic mass is 32.1. The largest absolute Gasteiger partial charge is 0.462 e. The van der Waals surface area contributed by atoms with E-state index in [0.29, 0.717) is 42.5 Å². The number of thiophene rings is 1. The van der Waals surface area contributed by atoms with Gasteiger partial charge in [-0.05, 0) is 30.7 Å². The van der Waals surface area contributed by atoms with Gasteiger partial charge in [0.2, 0.25) is 0 Å². The van der Waals surface area contributed by atoms with Gasteiger partial charge in [0, 0.05) is 24.4 Å². The summed E-state index contributed by atoms with van der Waals surface area (Å²) in [5.74, 6) is -3.36. The van der Waals surface area contributed by atoms with Gasteiger partial charge >= 0.3 is 5.97 Å². The van der Waals surface area contributed by atoms with Gasteiger partial charge in [0.05, 0.1) is 30.7 Å². The van der Waals surface area contributed by atoms with E-state index >= 15 is 0 Å². The molecule has 2 unspecified atom stereocenters. The molecule has 2 aromatic rings. The Morgan fingerprint density at radius 3 is 2.74 bits per heavy atom. The zero-order chi connectivity index (χ0) is 19.2. The van der Waals surface area contributed by atoms with Gasteiger partial charge < -0.3 is 14.7 Å². The van der Waals surface area contributed by atoms with Crippen molar-refractivity contribution in [3.05, 3.63) is 45.3 Å². The van der Waals surface area contributed by atoms with Crippen LogP contribution in [0, 0.1) is 11.8 Å². The van der Waals surface area contributed by atoms with Crippen molar-refractivity contribution in [2.24, 2.45) is 11.8 Å². The number of halogens is 2. The van der Waals surface area contributed by atoms with E-state index in [-0.39, 0.29) is 12.6 Å². The fourth-order valence-electron chi connectivity index (χ4n) is 3.66. The number of hydrogen-bond donors (Lipinski definition) is 1. The summed E-state index contributed by atoms with van der Waals surface area (Å²) >= 11 is 1.35. The maximum atomic E-state index is 13.4. The second kappa shape index (κ2) is 6.83. The number of carbonyl (C=O) groups excluding carboxylic acids is 1. The van der Waals surface area contributed by atoms with Gasteiger partial charge in [-0.15, -0.1) is 11.3 Å². The van der Waals surface area contributed by atoms with Crippen LogP contribution in [0.25, 0.3) is 0 Å². The molecule has 2 aliphatic rings. The molecule has 0 amide bonds. The number of nitrogens with zero attached hydrogens (tertiary/aromatic N) is 2. The third kappa shape index (κ3) is 3.32. The third-order valence-electron chi connectivity index (χ3n) is 5.23. The van der Waals surface area contributed by atoms with Gasteiger partial charge in [-0.1, -0.05) is 6.07 Å². The monoisotopic (exact) mass is 394 g/mol. The average Bonchev–Trinajstić information content (AvgIpc) is 3.11. The van der Waals surface area contributed by atoms with Crippen molar-refractivity contribution in [1.29, 1.82) is 0 Å². The zero-order valence-electron chi connectivity index (χ0n) is 14.8. The molecule has 4 rings (SSSR count). The average molecular weight is 394 g/mol. The minimum absolute atomic E-state index is 0.226. The molecule has 0 bridgehead atoms. The second-order valence-electron chi connectivity index (χ2n) is 6.89. The van der Waals surface area contributed by atoms with Crippen LogP contribution in [0.2, 0.25) is 0 Å². The summed E-state index contributed by atoms with van der Waals surface area (Å²) in [6.45, 7) is 2.48. The van der Waals surface area contributed by atoms with Crippen LogP contribution >= 0.6 is 11.3 Å². The molecule has 2 aromatic heterocycles. The molecule has 1 aliphatic heterocycles. The Kier molecular flexibility index (Phi) is 4.63. The minimum atomic E-state index is -2.52. The third-order valence-corrected chi connectivity index (χ3v) is 6.30. The molecule has 3 heterocycles. The van der Waals surface area contributed by atoms with E-state index < -0.39 is 17.8 Å². The van der Waals surface area contributed by atoms with Crippen molar-refractivity contribution in [2.75, 3.05) is 24.6 Å². The van der Waals surface area contributed by atoms with Gasteiger partial charge in [0.25, 0.3) is 5.92 Å². The first-order valence-corrected chi connectivity index (χ1v) is 9.74. The van der Waals surface area contributed by atoms with Gasteiger partial charge in [0.1, 0.15) is 10.7 Å². The molecule has 0 aromatic carbocycles. The van der Waals surface area contributed by atoms with Crippen LogP contribution in [-0.2, 0) is 17.8 Å². The number of hydrogen-bond acceptors (Lipinski definition) is 6. The zero-order valence-corrected chi connectivity index (χ0v) is 15.6. The van der Waals surface area contributed by atoms with Crippen LogP contribution in [0.1, 0.15) is 32.7 Å². The van der Waals surface area contributed by atoms with E-state index in [2.05, 4.69) is 4.98 Å². The number of rotatable bonds is 6. The summed E-state index contributed by atoms with van der Waals surface area (Å²) in [7, 11) is 0. The number of fused-ring (bicyclic) bond motifs is 1. The Balaban J connectivity index is 1.47. The summed E-state index contributed by atoms with van der Waals surface area (Å²) < 4.78 is 31.7. The van der Waals surface area contributed by atoms with E-state index in [9.17, 15) is 18.7 Å². The van der Waals surface area contributed by atoms with Crippen molar-refractivity contribution >= 4 is 23.1 Å². The molecule has 27 heavy (non-hydrogen) atoms. The van der Waals surface area contributed by atoms with E-state index in [1.54, 1.807) is 13.0 Å². The standard InChI is InChI=1S/C19H20F2N2O3S/c1-2-26-18(25)16-5-4-12(27-16)7-11-3-6-17(22-15(11)10-24)23-8-13-14(9-23)19(13,20)21/h3-6,13-14,24H,2,7-10H2,1H3. The molecule has 1 saturated carbocycles. The Bertz CT molecular complexity index is 856. The van der Waals surface area contributed by atoms with E-state index in [0.717, 1.165) is 10.4 Å². The Morgan fingerprint density at radius 1 is 1.33 bits per heavy atom. The lowest BCUT2D eigenvalue weighted by Gasteiger charge is -2.22. The highest BCUT2D eigenvalue weighted by molar-refractivity contribution is 7.13. The number of esters is 1. The van der Waals surface area contributed by atoms with Crippen molar-refractivity contribution in [3.63, 3.8) is 0 Å². The summed E-state index contributed by atoms with van der Waals surface area (Å²) in [5.41, 5.74) is 1.39. The molecule has 1 saturated heterocycles. The lowest BCUT2D eigenvalue weighted by Crippen LogP contribution is -2.28. The molecular formula is C19H20F2N2O3S. The molecule has 0 radical (unpaired) electrons. The fourth-order valence-corrected chi connectivity index (χ4v) is 4.58. The first kappa shape index (κ1) is 18.3. The van der Waals surface area contributed by atoms with Gasteiger partial charge in [-0.3, -0.25) is 0 Å². The van der Waals surface area contributed by atoms with Crippen LogP contribution in [0.5, 0.6) is 0 Å². The Hall–Kier alpha value is -2.06. The maximum Gasteiger partial charge on any atom is 0.348 e. The van der Waals surface area contributed by atoms with Crippen molar-refractivity contribution < 1.29 is 23.4 Å². The summed E-state index contributed by atoms with van der Waals surface area (Å²) in [6, 6.07) is 7.29. The molecule has 2 fully saturated rings. The van der Waals surface area contributed by atoms with Crippen LogP contribution in [-0.4, -0.2) is 41.7 Å². The van der Waals surface area contributed by atoms with Gasteiger partial charge in [-0.25, -0.2) is 18.6 Å². The van der Waals surface area contributed by atoms with Crippen molar-refractivity contribution in [1.82, 2.24) is 4.98 Å². The number of alkyl halides is 2. The second-order valence-corrected chi connectivity index (χ2v) is 8.06. The van der Waals surface area contributed by atoms with Gasteiger partial charge in [-0.2, -0.15) is 0 Å². The minimum Gasteiger partial charge on any atom is -0.462 e. The molecule has 1 N–H and O–H groups in total. The summed E-state index contributed by atoms with van der Waals surface area (Å²) in [6.07, 6.45) is 0.538. The summed E-state index contributed by atoms with van der Waals surface area (Å²) in [4.78, 5) is 19.6. The first-order chi connectivity index (χ1) is 12.9. The van der Waals surface area contributed by atoms with Crippen LogP contribution < -0.4 is 4.90 Å². The van der Waals surface area contributed by atoms with Gasteiger partial charge in [0.15, 0.2) is 0 Å². The van der Waals surface area contributed by atoms with Crippen molar-refractivity contribution in [3.8, 4) is 0 Å². The lowest BCUT2D eigenvalue weighted by molar-refractivity contribution is 0.0532. The predicted octanol–water partition coefficient (Wildman–Crippen LogP) is 3.10. The highest BCUT2D eigenvalue weighted by Gasteiger charge is 2.71. The molecule has 2 atom stereocenters. The SMILES string of the molecule is CCOC(=O)c1ccc(Cc2ccc(N3CC4C(C3)C4(F)F)nc2CO)s1. The number of ether oxygens (including phenoxy) is 1. The number of pyridine rings is 1. The molecular weight excluding hydrogens is 374 g/mol. The summed E-state index contributed by atoms with van der Waals surface area (Å²) in [5, 5.41) is 9.70. The number of aromatic nitrogens is 1. The first-order valence-electron chi connectivity index (χ1n) is 8.92. The fraction of sp³-hybridized carbons (Fsp3) is 0.474.